The van der Waals surface area contributed by atoms with Crippen LogP contribution >= 0.6 is 0 Å². The molecule has 0 aromatic carbocycles. The Morgan fingerprint density at radius 3 is 3.00 bits per heavy atom. The second kappa shape index (κ2) is 7.46. The molecule has 106 valence electrons. The molecule has 0 radical (unpaired) electrons. The number of nitrogens with zero attached hydrogens (tertiary/aromatic N) is 1. The average Bonchev–Trinajstić information content (AvgIpc) is 2.82. The first-order valence-corrected chi connectivity index (χ1v) is 7.83. The first-order valence-electron chi connectivity index (χ1n) is 7.83. The van der Waals surface area contributed by atoms with Crippen LogP contribution in [0.15, 0.2) is 0 Å². The van der Waals surface area contributed by atoms with Crippen molar-refractivity contribution in [3.05, 3.63) is 0 Å². The number of hydrogen-bond acceptors (Lipinski definition) is 3. The molecule has 1 saturated carbocycles. The van der Waals surface area contributed by atoms with Gasteiger partial charge in [-0.25, -0.2) is 0 Å². The zero-order chi connectivity index (χ0) is 12.8. The Balaban J connectivity index is 1.55. The van der Waals surface area contributed by atoms with Crippen molar-refractivity contribution in [1.29, 1.82) is 0 Å². The second-order valence-corrected chi connectivity index (χ2v) is 6.23. The molecule has 3 heteroatoms. The third-order valence-electron chi connectivity index (χ3n) is 4.31. The molecule has 0 amide bonds. The number of hydrogen-bond donors (Lipinski definition) is 1. The Bertz CT molecular complexity index is 233. The normalized spacial score (nSPS) is 28.8. The van der Waals surface area contributed by atoms with Crippen molar-refractivity contribution in [3.8, 4) is 0 Å². The van der Waals surface area contributed by atoms with Gasteiger partial charge in [0.1, 0.15) is 0 Å². The van der Waals surface area contributed by atoms with Crippen molar-refractivity contribution >= 4 is 0 Å². The predicted molar refractivity (Wildman–Crippen MR) is 75.9 cm³/mol. The van der Waals surface area contributed by atoms with Crippen LogP contribution in [0.4, 0.5) is 0 Å². The van der Waals surface area contributed by atoms with Gasteiger partial charge in [-0.15, -0.1) is 0 Å². The first-order chi connectivity index (χ1) is 8.77. The van der Waals surface area contributed by atoms with Crippen molar-refractivity contribution in [2.75, 3.05) is 32.8 Å². The van der Waals surface area contributed by atoms with E-state index in [0.29, 0.717) is 6.10 Å². The Morgan fingerprint density at radius 1 is 1.28 bits per heavy atom. The van der Waals surface area contributed by atoms with Crippen molar-refractivity contribution in [2.45, 2.75) is 58.1 Å². The average molecular weight is 254 g/mol. The fraction of sp³-hybridized carbons (Fsp3) is 1.00. The molecule has 0 bridgehead atoms. The summed E-state index contributed by atoms with van der Waals surface area (Å²) in [5, 5.41) is 3.59. The van der Waals surface area contributed by atoms with E-state index in [0.717, 1.165) is 31.7 Å². The molecule has 2 aliphatic rings. The van der Waals surface area contributed by atoms with Crippen LogP contribution in [0.3, 0.4) is 0 Å². The van der Waals surface area contributed by atoms with E-state index in [9.17, 15) is 0 Å². The van der Waals surface area contributed by atoms with Gasteiger partial charge in [-0.05, 0) is 44.6 Å². The van der Waals surface area contributed by atoms with Crippen LogP contribution in [0, 0.1) is 5.92 Å². The molecule has 18 heavy (non-hydrogen) atoms. The maximum atomic E-state index is 5.84. The summed E-state index contributed by atoms with van der Waals surface area (Å²) in [5.74, 6) is 0.838. The van der Waals surface area contributed by atoms with Crippen LogP contribution < -0.4 is 5.32 Å². The third-order valence-corrected chi connectivity index (χ3v) is 4.31. The van der Waals surface area contributed by atoms with Crippen LogP contribution in [0.2, 0.25) is 0 Å². The van der Waals surface area contributed by atoms with E-state index in [1.807, 2.05) is 0 Å². The van der Waals surface area contributed by atoms with Crippen LogP contribution in [-0.4, -0.2) is 49.8 Å². The highest BCUT2D eigenvalue weighted by Gasteiger charge is 2.35. The van der Waals surface area contributed by atoms with Crippen molar-refractivity contribution in [1.82, 2.24) is 10.2 Å². The Labute approximate surface area is 112 Å². The zero-order valence-corrected chi connectivity index (χ0v) is 12.2. The summed E-state index contributed by atoms with van der Waals surface area (Å²) in [7, 11) is 0. The largest absolute Gasteiger partial charge is 0.375 e. The highest BCUT2D eigenvalue weighted by Crippen LogP contribution is 2.29. The molecule has 2 atom stereocenters. The van der Waals surface area contributed by atoms with E-state index in [1.54, 1.807) is 0 Å². The van der Waals surface area contributed by atoms with E-state index in [4.69, 9.17) is 4.74 Å². The minimum Gasteiger partial charge on any atom is -0.375 e. The molecule has 3 nitrogen and oxygen atoms in total. The van der Waals surface area contributed by atoms with Gasteiger partial charge >= 0.3 is 0 Å². The van der Waals surface area contributed by atoms with E-state index in [1.165, 1.54) is 45.2 Å². The van der Waals surface area contributed by atoms with E-state index in [2.05, 4.69) is 24.1 Å². The first kappa shape index (κ1) is 14.3. The molecule has 0 aromatic rings. The summed E-state index contributed by atoms with van der Waals surface area (Å²) >= 11 is 0. The molecule has 2 rings (SSSR count). The van der Waals surface area contributed by atoms with Crippen molar-refractivity contribution in [2.24, 2.45) is 5.92 Å². The number of ether oxygens (including phenoxy) is 1. The quantitative estimate of drug-likeness (QED) is 0.705. The van der Waals surface area contributed by atoms with E-state index < -0.39 is 0 Å². The van der Waals surface area contributed by atoms with Gasteiger partial charge in [-0.1, -0.05) is 13.8 Å². The lowest BCUT2D eigenvalue weighted by Gasteiger charge is -2.37. The summed E-state index contributed by atoms with van der Waals surface area (Å²) in [4.78, 5) is 2.65. The molecular formula is C15H30N2O. The summed E-state index contributed by atoms with van der Waals surface area (Å²) in [5.41, 5.74) is 0. The van der Waals surface area contributed by atoms with Gasteiger partial charge in [0.15, 0.2) is 0 Å². The van der Waals surface area contributed by atoms with Crippen LogP contribution in [0.5, 0.6) is 0 Å². The Kier molecular flexibility index (Phi) is 5.93. The van der Waals surface area contributed by atoms with Gasteiger partial charge < -0.3 is 10.1 Å². The van der Waals surface area contributed by atoms with Gasteiger partial charge in [-0.3, -0.25) is 4.90 Å². The van der Waals surface area contributed by atoms with Crippen LogP contribution in [-0.2, 0) is 4.74 Å². The summed E-state index contributed by atoms with van der Waals surface area (Å²) in [6.07, 6.45) is 7.18. The van der Waals surface area contributed by atoms with Crippen molar-refractivity contribution < 1.29 is 4.74 Å². The predicted octanol–water partition coefficient (Wildman–Crippen LogP) is 2.27. The van der Waals surface area contributed by atoms with Gasteiger partial charge in [0, 0.05) is 25.7 Å². The molecule has 2 fully saturated rings. The fourth-order valence-corrected chi connectivity index (χ4v) is 3.27. The standard InChI is InChI=1S/C15H30N2O/c1-13(2)5-4-8-16-9-10-17-11-12-18-15-7-3-6-14(15)17/h13-16H,3-12H2,1-2H3. The number of morpholine rings is 1. The molecule has 1 aliphatic heterocycles. The molecule has 1 aliphatic carbocycles. The Hall–Kier alpha value is -0.120. The van der Waals surface area contributed by atoms with E-state index >= 15 is 0 Å². The van der Waals surface area contributed by atoms with Gasteiger partial charge in [0.05, 0.1) is 12.7 Å². The lowest BCUT2D eigenvalue weighted by molar-refractivity contribution is -0.0548. The lowest BCUT2D eigenvalue weighted by atomic mass is 10.1. The summed E-state index contributed by atoms with van der Waals surface area (Å²) in [6, 6.07) is 0.719. The fourth-order valence-electron chi connectivity index (χ4n) is 3.27. The summed E-state index contributed by atoms with van der Waals surface area (Å²) in [6.45, 7) is 10.2. The minimum atomic E-state index is 0.541. The van der Waals surface area contributed by atoms with E-state index in [-0.39, 0.29) is 0 Å². The molecular weight excluding hydrogens is 224 g/mol. The third kappa shape index (κ3) is 4.22. The molecule has 0 spiro atoms. The maximum Gasteiger partial charge on any atom is 0.0730 e. The number of fused-ring (bicyclic) bond motifs is 1. The smallest absolute Gasteiger partial charge is 0.0730 e. The molecule has 0 aromatic heterocycles. The Morgan fingerprint density at radius 2 is 2.17 bits per heavy atom. The van der Waals surface area contributed by atoms with Crippen LogP contribution in [0.1, 0.15) is 46.0 Å². The van der Waals surface area contributed by atoms with Gasteiger partial charge in [0.25, 0.3) is 0 Å². The molecule has 1 N–H and O–H groups in total. The topological polar surface area (TPSA) is 24.5 Å². The zero-order valence-electron chi connectivity index (χ0n) is 12.2. The summed E-state index contributed by atoms with van der Waals surface area (Å²) < 4.78 is 5.84. The molecule has 1 heterocycles. The highest BCUT2D eigenvalue weighted by molar-refractivity contribution is 4.89. The van der Waals surface area contributed by atoms with Crippen molar-refractivity contribution in [3.63, 3.8) is 0 Å². The monoisotopic (exact) mass is 254 g/mol. The molecule has 1 saturated heterocycles. The van der Waals surface area contributed by atoms with Gasteiger partial charge in [-0.2, -0.15) is 0 Å². The number of rotatable bonds is 7. The minimum absolute atomic E-state index is 0.541. The molecule has 2 unspecified atom stereocenters. The maximum absolute atomic E-state index is 5.84. The number of nitrogens with one attached hydrogen (secondary N) is 1. The lowest BCUT2D eigenvalue weighted by Crippen LogP contribution is -2.50. The second-order valence-electron chi connectivity index (χ2n) is 6.23. The van der Waals surface area contributed by atoms with Crippen LogP contribution in [0.25, 0.3) is 0 Å². The highest BCUT2D eigenvalue weighted by atomic mass is 16.5. The SMILES string of the molecule is CC(C)CCCNCCN1CCOC2CCCC21. The van der Waals surface area contributed by atoms with Gasteiger partial charge in [0.2, 0.25) is 0 Å².